The van der Waals surface area contributed by atoms with Crippen molar-refractivity contribution in [3.05, 3.63) is 42.2 Å². The molecule has 1 aromatic carbocycles. The molecule has 6 heteroatoms. The lowest BCUT2D eigenvalue weighted by Crippen LogP contribution is -2.48. The molecule has 0 atom stereocenters. The number of H-pyrrole nitrogens is 1. The highest BCUT2D eigenvalue weighted by Gasteiger charge is 2.19. The number of aryl methyl sites for hydroxylation is 1. The molecule has 0 unspecified atom stereocenters. The molecule has 4 rings (SSSR count). The third-order valence-corrected chi connectivity index (χ3v) is 4.83. The van der Waals surface area contributed by atoms with Gasteiger partial charge in [0.05, 0.1) is 5.52 Å². The standard InChI is InChI=1S/C19H21N5O/c1-13-11-18(19-20-5-6-21-19)22-17-4-3-15(12-16(13)17)24-9-7-23(8-10-24)14(2)25/h3-6,11-12H,7-10H2,1-2H3,(H,20,21). The Morgan fingerprint density at radius 3 is 2.64 bits per heavy atom. The van der Waals surface area contributed by atoms with Crippen LogP contribution in [0.1, 0.15) is 12.5 Å². The molecule has 128 valence electrons. The van der Waals surface area contributed by atoms with Crippen LogP contribution in [0.2, 0.25) is 0 Å². The highest BCUT2D eigenvalue weighted by atomic mass is 16.2. The number of benzene rings is 1. The zero-order valence-corrected chi connectivity index (χ0v) is 14.5. The summed E-state index contributed by atoms with van der Waals surface area (Å²) in [7, 11) is 0. The predicted octanol–water partition coefficient (Wildman–Crippen LogP) is 2.60. The number of carbonyl (C=O) groups is 1. The molecule has 2 aromatic heterocycles. The van der Waals surface area contributed by atoms with Gasteiger partial charge in [-0.25, -0.2) is 9.97 Å². The van der Waals surface area contributed by atoms with E-state index in [1.54, 1.807) is 19.3 Å². The monoisotopic (exact) mass is 335 g/mol. The normalized spacial score (nSPS) is 15.0. The van der Waals surface area contributed by atoms with Crippen molar-refractivity contribution in [3.8, 4) is 11.5 Å². The Hall–Kier alpha value is -2.89. The van der Waals surface area contributed by atoms with Gasteiger partial charge in [-0.05, 0) is 36.8 Å². The van der Waals surface area contributed by atoms with Crippen LogP contribution in [-0.4, -0.2) is 51.9 Å². The maximum Gasteiger partial charge on any atom is 0.219 e. The number of hydrogen-bond acceptors (Lipinski definition) is 4. The van der Waals surface area contributed by atoms with Gasteiger partial charge in [-0.15, -0.1) is 0 Å². The Bertz CT molecular complexity index is 911. The van der Waals surface area contributed by atoms with Gasteiger partial charge in [-0.1, -0.05) is 0 Å². The summed E-state index contributed by atoms with van der Waals surface area (Å²) in [5.74, 6) is 0.943. The molecule has 0 spiro atoms. The summed E-state index contributed by atoms with van der Waals surface area (Å²) >= 11 is 0. The van der Waals surface area contributed by atoms with Crippen molar-refractivity contribution in [1.82, 2.24) is 19.9 Å². The lowest BCUT2D eigenvalue weighted by molar-refractivity contribution is -0.129. The van der Waals surface area contributed by atoms with Crippen molar-refractivity contribution in [3.63, 3.8) is 0 Å². The summed E-state index contributed by atoms with van der Waals surface area (Å²) < 4.78 is 0. The number of nitrogens with one attached hydrogen (secondary N) is 1. The zero-order chi connectivity index (χ0) is 17.4. The van der Waals surface area contributed by atoms with E-state index in [0.29, 0.717) is 0 Å². The zero-order valence-electron chi connectivity index (χ0n) is 14.5. The summed E-state index contributed by atoms with van der Waals surface area (Å²) in [5, 5.41) is 1.15. The largest absolute Gasteiger partial charge is 0.368 e. The van der Waals surface area contributed by atoms with Gasteiger partial charge in [0.15, 0.2) is 5.82 Å². The van der Waals surface area contributed by atoms with Crippen LogP contribution in [0.15, 0.2) is 36.7 Å². The van der Waals surface area contributed by atoms with Gasteiger partial charge in [0.2, 0.25) is 5.91 Å². The van der Waals surface area contributed by atoms with Crippen molar-refractivity contribution in [2.24, 2.45) is 0 Å². The molecule has 1 amide bonds. The fourth-order valence-corrected chi connectivity index (χ4v) is 3.39. The van der Waals surface area contributed by atoms with Crippen LogP contribution in [0, 0.1) is 6.92 Å². The first-order valence-electron chi connectivity index (χ1n) is 8.53. The number of imidazole rings is 1. The van der Waals surface area contributed by atoms with Gasteiger partial charge < -0.3 is 14.8 Å². The highest BCUT2D eigenvalue weighted by molar-refractivity contribution is 5.87. The molecular formula is C19H21N5O. The SMILES string of the molecule is CC(=O)N1CCN(c2ccc3nc(-c4ncc[nH]4)cc(C)c3c2)CC1. The fraction of sp³-hybridized carbons (Fsp3) is 0.316. The van der Waals surface area contributed by atoms with Gasteiger partial charge in [-0.2, -0.15) is 0 Å². The molecule has 3 heterocycles. The Morgan fingerprint density at radius 1 is 1.16 bits per heavy atom. The molecule has 1 saturated heterocycles. The molecule has 1 aliphatic heterocycles. The highest BCUT2D eigenvalue weighted by Crippen LogP contribution is 2.27. The summed E-state index contributed by atoms with van der Waals surface area (Å²) in [6, 6.07) is 8.46. The van der Waals surface area contributed by atoms with Crippen LogP contribution < -0.4 is 4.90 Å². The van der Waals surface area contributed by atoms with Crippen molar-refractivity contribution in [2.75, 3.05) is 31.1 Å². The van der Waals surface area contributed by atoms with Crippen molar-refractivity contribution in [1.29, 1.82) is 0 Å². The second-order valence-electron chi connectivity index (χ2n) is 6.46. The molecular weight excluding hydrogens is 314 g/mol. The van der Waals surface area contributed by atoms with E-state index < -0.39 is 0 Å². The number of fused-ring (bicyclic) bond motifs is 1. The van der Waals surface area contributed by atoms with E-state index in [9.17, 15) is 4.79 Å². The second kappa shape index (κ2) is 6.20. The number of rotatable bonds is 2. The Kier molecular flexibility index (Phi) is 3.87. The lowest BCUT2D eigenvalue weighted by Gasteiger charge is -2.35. The third kappa shape index (κ3) is 2.95. The quantitative estimate of drug-likeness (QED) is 0.782. The minimum absolute atomic E-state index is 0.156. The molecule has 0 bridgehead atoms. The number of pyridine rings is 1. The van der Waals surface area contributed by atoms with Gasteiger partial charge in [-0.3, -0.25) is 4.79 Å². The third-order valence-electron chi connectivity index (χ3n) is 4.83. The predicted molar refractivity (Wildman–Crippen MR) is 98.5 cm³/mol. The van der Waals surface area contributed by atoms with Gasteiger partial charge in [0.1, 0.15) is 5.69 Å². The van der Waals surface area contributed by atoms with Crippen LogP contribution in [0.5, 0.6) is 0 Å². The maximum atomic E-state index is 11.5. The van der Waals surface area contributed by atoms with E-state index in [2.05, 4.69) is 46.1 Å². The Labute approximate surface area is 146 Å². The van der Waals surface area contributed by atoms with Gasteiger partial charge in [0, 0.05) is 56.6 Å². The minimum Gasteiger partial charge on any atom is -0.368 e. The van der Waals surface area contributed by atoms with Crippen LogP contribution in [0.3, 0.4) is 0 Å². The van der Waals surface area contributed by atoms with Crippen LogP contribution >= 0.6 is 0 Å². The number of nitrogens with zero attached hydrogens (tertiary/aromatic N) is 4. The van der Waals surface area contributed by atoms with Crippen LogP contribution in [0.4, 0.5) is 5.69 Å². The smallest absolute Gasteiger partial charge is 0.219 e. The van der Waals surface area contributed by atoms with Crippen molar-refractivity contribution in [2.45, 2.75) is 13.8 Å². The van der Waals surface area contributed by atoms with Crippen LogP contribution in [0.25, 0.3) is 22.4 Å². The number of carbonyl (C=O) groups excluding carboxylic acids is 1. The van der Waals surface area contributed by atoms with Crippen molar-refractivity contribution >= 4 is 22.5 Å². The first kappa shape index (κ1) is 15.6. The summed E-state index contributed by atoms with van der Waals surface area (Å²) in [6.45, 7) is 7.03. The average Bonchev–Trinajstić information content (AvgIpc) is 3.16. The summed E-state index contributed by atoms with van der Waals surface area (Å²) in [6.07, 6.45) is 3.54. The average molecular weight is 335 g/mol. The topological polar surface area (TPSA) is 65.1 Å². The fourth-order valence-electron chi connectivity index (χ4n) is 3.39. The molecule has 6 nitrogen and oxygen atoms in total. The van der Waals surface area contributed by atoms with E-state index in [-0.39, 0.29) is 5.91 Å². The van der Waals surface area contributed by atoms with E-state index >= 15 is 0 Å². The molecule has 25 heavy (non-hydrogen) atoms. The van der Waals surface area contributed by atoms with E-state index in [0.717, 1.165) is 48.6 Å². The number of amides is 1. The molecule has 1 aliphatic rings. The maximum absolute atomic E-state index is 11.5. The van der Waals surface area contributed by atoms with Crippen molar-refractivity contribution < 1.29 is 4.79 Å². The van der Waals surface area contributed by atoms with Gasteiger partial charge in [0.25, 0.3) is 0 Å². The number of hydrogen-bond donors (Lipinski definition) is 1. The summed E-state index contributed by atoms with van der Waals surface area (Å²) in [4.78, 5) is 27.8. The minimum atomic E-state index is 0.156. The summed E-state index contributed by atoms with van der Waals surface area (Å²) in [5.41, 5.74) is 4.20. The lowest BCUT2D eigenvalue weighted by atomic mass is 10.1. The second-order valence-corrected chi connectivity index (χ2v) is 6.46. The van der Waals surface area contributed by atoms with E-state index in [1.807, 2.05) is 4.90 Å². The van der Waals surface area contributed by atoms with E-state index in [4.69, 9.17) is 4.98 Å². The number of piperazine rings is 1. The van der Waals surface area contributed by atoms with E-state index in [1.165, 1.54) is 11.3 Å². The Morgan fingerprint density at radius 2 is 1.96 bits per heavy atom. The molecule has 1 N–H and O–H groups in total. The molecule has 0 radical (unpaired) electrons. The molecule has 3 aromatic rings. The Balaban J connectivity index is 1.64. The molecule has 0 aliphatic carbocycles. The number of aromatic nitrogens is 3. The molecule has 0 saturated carbocycles. The molecule has 1 fully saturated rings. The number of anilines is 1. The van der Waals surface area contributed by atoms with Gasteiger partial charge >= 0.3 is 0 Å². The van der Waals surface area contributed by atoms with Crippen LogP contribution in [-0.2, 0) is 4.79 Å². The number of aromatic amines is 1. The first-order valence-corrected chi connectivity index (χ1v) is 8.53. The first-order chi connectivity index (χ1) is 12.1.